The van der Waals surface area contributed by atoms with Crippen LogP contribution in [0.25, 0.3) is 16.8 Å². The second-order valence-electron chi connectivity index (χ2n) is 4.34. The van der Waals surface area contributed by atoms with Gasteiger partial charge in [0.05, 0.1) is 24.3 Å². The van der Waals surface area contributed by atoms with Gasteiger partial charge < -0.3 is 0 Å². The highest BCUT2D eigenvalue weighted by molar-refractivity contribution is 6.31. The third-order valence-corrected chi connectivity index (χ3v) is 3.12. The van der Waals surface area contributed by atoms with Gasteiger partial charge in [-0.2, -0.15) is 23.4 Å². The zero-order valence-electron chi connectivity index (χ0n) is 10.8. The number of halogens is 4. The molecule has 3 rings (SSSR count). The van der Waals surface area contributed by atoms with Gasteiger partial charge in [-0.05, 0) is 24.3 Å². The molecule has 0 spiro atoms. The summed E-state index contributed by atoms with van der Waals surface area (Å²) in [5.41, 5.74) is 0.555. The molecular weight excluding hydrogens is 319 g/mol. The van der Waals surface area contributed by atoms with Gasteiger partial charge in [0.2, 0.25) is 0 Å². The molecule has 0 aliphatic carbocycles. The molecule has 0 atom stereocenters. The minimum atomic E-state index is -4.55. The summed E-state index contributed by atoms with van der Waals surface area (Å²) in [5, 5.41) is 14.5. The van der Waals surface area contributed by atoms with Gasteiger partial charge in [-0.3, -0.25) is 0 Å². The molecule has 1 aromatic carbocycles. The van der Waals surface area contributed by atoms with E-state index < -0.39 is 11.9 Å². The summed E-state index contributed by atoms with van der Waals surface area (Å²) in [4.78, 5) is 0. The normalized spacial score (nSPS) is 11.6. The molecule has 3 aromatic rings. The topological polar surface area (TPSA) is 56.5 Å². The Kier molecular flexibility index (Phi) is 3.53. The molecule has 0 saturated carbocycles. The Labute approximate surface area is 127 Å². The lowest BCUT2D eigenvalue weighted by Crippen LogP contribution is -2.05. The molecule has 0 N–H and O–H groups in total. The van der Waals surface area contributed by atoms with Gasteiger partial charge in [-0.1, -0.05) is 16.8 Å². The smallest absolute Gasteiger partial charge is 0.219 e. The van der Waals surface area contributed by atoms with E-state index in [-0.39, 0.29) is 0 Å². The standard InChI is InChI=1S/C13H7ClF3N5/c14-9-1-2-11(10(5-9)8-3-4-18-19-6-8)22-7-12(20-21-22)13(15,16)17/h1-7H. The third-order valence-electron chi connectivity index (χ3n) is 2.88. The number of alkyl halides is 3. The Hall–Kier alpha value is -2.48. The summed E-state index contributed by atoms with van der Waals surface area (Å²) >= 11 is 5.97. The Balaban J connectivity index is 2.14. The number of aromatic nitrogens is 5. The number of hydrogen-bond acceptors (Lipinski definition) is 4. The number of hydrogen-bond donors (Lipinski definition) is 0. The lowest BCUT2D eigenvalue weighted by molar-refractivity contribution is -0.141. The Morgan fingerprint density at radius 3 is 2.55 bits per heavy atom. The monoisotopic (exact) mass is 325 g/mol. The summed E-state index contributed by atoms with van der Waals surface area (Å²) in [7, 11) is 0. The van der Waals surface area contributed by atoms with E-state index >= 15 is 0 Å². The number of rotatable bonds is 2. The second kappa shape index (κ2) is 5.38. The fourth-order valence-electron chi connectivity index (χ4n) is 1.90. The van der Waals surface area contributed by atoms with Crippen molar-refractivity contribution < 1.29 is 13.2 Å². The quantitative estimate of drug-likeness (QED) is 0.724. The van der Waals surface area contributed by atoms with E-state index in [2.05, 4.69) is 20.5 Å². The Morgan fingerprint density at radius 2 is 1.91 bits per heavy atom. The van der Waals surface area contributed by atoms with Crippen LogP contribution in [0, 0.1) is 0 Å². The van der Waals surface area contributed by atoms with Crippen molar-refractivity contribution in [2.75, 3.05) is 0 Å². The molecule has 0 amide bonds. The second-order valence-corrected chi connectivity index (χ2v) is 4.78. The zero-order valence-corrected chi connectivity index (χ0v) is 11.5. The summed E-state index contributed by atoms with van der Waals surface area (Å²) < 4.78 is 39.0. The maximum atomic E-state index is 12.6. The molecule has 112 valence electrons. The van der Waals surface area contributed by atoms with Crippen LogP contribution in [0.4, 0.5) is 13.2 Å². The van der Waals surface area contributed by atoms with Crippen LogP contribution in [-0.4, -0.2) is 25.2 Å². The van der Waals surface area contributed by atoms with Crippen molar-refractivity contribution in [1.82, 2.24) is 25.2 Å². The van der Waals surface area contributed by atoms with E-state index in [9.17, 15) is 13.2 Å². The minimum Gasteiger partial charge on any atom is -0.219 e. The van der Waals surface area contributed by atoms with E-state index in [1.807, 2.05) is 0 Å². The molecule has 2 aromatic heterocycles. The predicted molar refractivity (Wildman–Crippen MR) is 72.4 cm³/mol. The first-order valence-electron chi connectivity index (χ1n) is 6.02. The van der Waals surface area contributed by atoms with E-state index in [1.54, 1.807) is 24.3 Å². The highest BCUT2D eigenvalue weighted by atomic mass is 35.5. The number of nitrogens with zero attached hydrogens (tertiary/aromatic N) is 5. The van der Waals surface area contributed by atoms with Crippen LogP contribution in [0.3, 0.4) is 0 Å². The summed E-state index contributed by atoms with van der Waals surface area (Å²) in [6.45, 7) is 0. The SMILES string of the molecule is FC(F)(F)c1cn(-c2ccc(Cl)cc2-c2ccnnc2)nn1. The average molecular weight is 326 g/mol. The molecule has 0 fully saturated rings. The number of benzene rings is 1. The fourth-order valence-corrected chi connectivity index (χ4v) is 2.07. The molecule has 0 bridgehead atoms. The van der Waals surface area contributed by atoms with Crippen molar-refractivity contribution in [3.63, 3.8) is 0 Å². The van der Waals surface area contributed by atoms with Crippen molar-refractivity contribution in [2.45, 2.75) is 6.18 Å². The predicted octanol–water partition coefficient (Wildman–Crippen LogP) is 3.40. The van der Waals surface area contributed by atoms with Gasteiger partial charge >= 0.3 is 6.18 Å². The highest BCUT2D eigenvalue weighted by Crippen LogP contribution is 2.31. The Bertz CT molecular complexity index is 801. The molecule has 0 unspecified atom stereocenters. The molecular formula is C13H7ClF3N5. The van der Waals surface area contributed by atoms with Crippen LogP contribution in [0.15, 0.2) is 42.9 Å². The first-order valence-corrected chi connectivity index (χ1v) is 6.39. The first kappa shape index (κ1) is 14.5. The van der Waals surface area contributed by atoms with Gasteiger partial charge in [0.25, 0.3) is 0 Å². The van der Waals surface area contributed by atoms with Crippen molar-refractivity contribution >= 4 is 11.6 Å². The van der Waals surface area contributed by atoms with Crippen LogP contribution < -0.4 is 0 Å². The van der Waals surface area contributed by atoms with Gasteiger partial charge in [0.1, 0.15) is 0 Å². The summed E-state index contributed by atoms with van der Waals surface area (Å²) in [6.07, 6.45) is -0.774. The largest absolute Gasteiger partial charge is 0.436 e. The van der Waals surface area contributed by atoms with Crippen LogP contribution >= 0.6 is 11.6 Å². The van der Waals surface area contributed by atoms with E-state index in [0.717, 1.165) is 10.9 Å². The van der Waals surface area contributed by atoms with E-state index in [0.29, 0.717) is 21.8 Å². The lowest BCUT2D eigenvalue weighted by Gasteiger charge is -2.09. The van der Waals surface area contributed by atoms with Crippen molar-refractivity contribution in [3.8, 4) is 16.8 Å². The van der Waals surface area contributed by atoms with Crippen LogP contribution in [0.1, 0.15) is 5.69 Å². The molecule has 2 heterocycles. The Morgan fingerprint density at radius 1 is 1.09 bits per heavy atom. The summed E-state index contributed by atoms with van der Waals surface area (Å²) in [5.74, 6) is 0. The van der Waals surface area contributed by atoms with Gasteiger partial charge in [0.15, 0.2) is 5.69 Å². The average Bonchev–Trinajstić information content (AvgIpc) is 2.98. The van der Waals surface area contributed by atoms with Gasteiger partial charge in [0, 0.05) is 16.1 Å². The molecule has 5 nitrogen and oxygen atoms in total. The van der Waals surface area contributed by atoms with Crippen LogP contribution in [-0.2, 0) is 6.18 Å². The molecule has 0 radical (unpaired) electrons. The van der Waals surface area contributed by atoms with Crippen molar-refractivity contribution in [3.05, 3.63) is 53.6 Å². The molecule has 9 heteroatoms. The molecule has 0 aliphatic rings. The molecule has 0 aliphatic heterocycles. The molecule has 0 saturated heterocycles. The van der Waals surface area contributed by atoms with Gasteiger partial charge in [-0.15, -0.1) is 5.10 Å². The minimum absolute atomic E-state index is 0.403. The van der Waals surface area contributed by atoms with Crippen molar-refractivity contribution in [2.24, 2.45) is 0 Å². The van der Waals surface area contributed by atoms with Crippen molar-refractivity contribution in [1.29, 1.82) is 0 Å². The fraction of sp³-hybridized carbons (Fsp3) is 0.0769. The summed E-state index contributed by atoms with van der Waals surface area (Å²) in [6, 6.07) is 6.41. The third kappa shape index (κ3) is 2.77. The highest BCUT2D eigenvalue weighted by Gasteiger charge is 2.34. The van der Waals surface area contributed by atoms with Crippen LogP contribution in [0.5, 0.6) is 0 Å². The van der Waals surface area contributed by atoms with Crippen LogP contribution in [0.2, 0.25) is 5.02 Å². The maximum absolute atomic E-state index is 12.6. The van der Waals surface area contributed by atoms with E-state index in [4.69, 9.17) is 11.6 Å². The lowest BCUT2D eigenvalue weighted by atomic mass is 10.1. The molecule has 22 heavy (non-hydrogen) atoms. The maximum Gasteiger partial charge on any atom is 0.436 e. The first-order chi connectivity index (χ1) is 10.4. The zero-order chi connectivity index (χ0) is 15.7. The van der Waals surface area contributed by atoms with Gasteiger partial charge in [-0.25, -0.2) is 4.68 Å². The van der Waals surface area contributed by atoms with E-state index in [1.165, 1.54) is 12.4 Å².